The molecule has 5 rings (SSSR count). The minimum Gasteiger partial charge on any atom is -0.343 e. The van der Waals surface area contributed by atoms with Gasteiger partial charge < -0.3 is 9.13 Å². The molecule has 0 saturated carbocycles. The van der Waals surface area contributed by atoms with Crippen molar-refractivity contribution in [1.29, 1.82) is 0 Å². The van der Waals surface area contributed by atoms with E-state index in [0.29, 0.717) is 11.8 Å². The molecule has 0 bridgehead atoms. The Balaban J connectivity index is 1.90. The molecule has 0 N–H and O–H groups in total. The van der Waals surface area contributed by atoms with Crippen molar-refractivity contribution in [3.63, 3.8) is 0 Å². The van der Waals surface area contributed by atoms with Crippen LogP contribution in [-0.4, -0.2) is 9.13 Å². The first-order valence-electron chi connectivity index (χ1n) is 9.30. The van der Waals surface area contributed by atoms with Crippen LogP contribution in [0, 0.1) is 0 Å². The van der Waals surface area contributed by atoms with Crippen molar-refractivity contribution in [1.82, 2.24) is 9.13 Å². The van der Waals surface area contributed by atoms with E-state index in [-0.39, 0.29) is 0 Å². The molecule has 4 heterocycles. The molecule has 0 fully saturated rings. The molecule has 0 aliphatic rings. The van der Waals surface area contributed by atoms with Gasteiger partial charge in [0.1, 0.15) is 0 Å². The van der Waals surface area contributed by atoms with Gasteiger partial charge in [0.15, 0.2) is 0 Å². The predicted octanol–water partition coefficient (Wildman–Crippen LogP) is 7.35. The molecule has 0 spiro atoms. The summed E-state index contributed by atoms with van der Waals surface area (Å²) in [6.45, 7) is 9.12. The molecule has 0 unspecified atom stereocenters. The second kappa shape index (κ2) is 5.37. The van der Waals surface area contributed by atoms with Gasteiger partial charge >= 0.3 is 0 Å². The fraction of sp³-hybridized carbons (Fsp3) is 0.364. The van der Waals surface area contributed by atoms with Crippen molar-refractivity contribution >= 4 is 64.9 Å². The topological polar surface area (TPSA) is 9.86 Å². The Kier molecular flexibility index (Phi) is 3.38. The van der Waals surface area contributed by atoms with Gasteiger partial charge in [0, 0.05) is 34.6 Å². The third-order valence-electron chi connectivity index (χ3n) is 5.65. The summed E-state index contributed by atoms with van der Waals surface area (Å²) in [5.41, 5.74) is 5.44. The summed E-state index contributed by atoms with van der Waals surface area (Å²) in [6, 6.07) is 9.59. The number of nitrogens with zero attached hydrogens (tertiary/aromatic N) is 2. The van der Waals surface area contributed by atoms with Gasteiger partial charge in [0.05, 0.1) is 31.5 Å². The van der Waals surface area contributed by atoms with Gasteiger partial charge in [-0.3, -0.25) is 0 Å². The normalized spacial score (nSPS) is 12.9. The van der Waals surface area contributed by atoms with Gasteiger partial charge in [0.2, 0.25) is 0 Å². The number of aryl methyl sites for hydroxylation is 2. The van der Waals surface area contributed by atoms with E-state index in [1.54, 1.807) is 0 Å². The largest absolute Gasteiger partial charge is 0.343 e. The van der Waals surface area contributed by atoms with Crippen molar-refractivity contribution in [3.8, 4) is 0 Å². The van der Waals surface area contributed by atoms with Crippen LogP contribution in [0.5, 0.6) is 0 Å². The summed E-state index contributed by atoms with van der Waals surface area (Å²) in [5, 5.41) is 2.79. The van der Waals surface area contributed by atoms with Crippen LogP contribution >= 0.6 is 22.7 Å². The Bertz CT molecular complexity index is 1200. The summed E-state index contributed by atoms with van der Waals surface area (Å²) in [7, 11) is 4.42. The van der Waals surface area contributed by atoms with Crippen molar-refractivity contribution in [2.75, 3.05) is 0 Å². The predicted molar refractivity (Wildman–Crippen MR) is 118 cm³/mol. The highest BCUT2D eigenvalue weighted by molar-refractivity contribution is 7.20. The first-order valence-corrected chi connectivity index (χ1v) is 10.9. The number of hydrogen-bond acceptors (Lipinski definition) is 2. The molecular weight excluding hydrogens is 356 g/mol. The van der Waals surface area contributed by atoms with Crippen LogP contribution in [0.3, 0.4) is 0 Å². The van der Waals surface area contributed by atoms with Crippen molar-refractivity contribution in [3.05, 3.63) is 34.0 Å². The molecule has 0 amide bonds. The summed E-state index contributed by atoms with van der Waals surface area (Å²) in [5.74, 6) is 1.17. The number of thiophene rings is 2. The lowest BCUT2D eigenvalue weighted by atomic mass is 10.2. The average Bonchev–Trinajstić information content (AvgIpc) is 3.31. The molecule has 2 nitrogen and oxygen atoms in total. The monoisotopic (exact) mass is 380 g/mol. The van der Waals surface area contributed by atoms with Crippen molar-refractivity contribution in [2.45, 2.75) is 39.5 Å². The van der Waals surface area contributed by atoms with Crippen molar-refractivity contribution in [2.24, 2.45) is 14.1 Å². The number of rotatable bonds is 2. The highest BCUT2D eigenvalue weighted by Gasteiger charge is 2.19. The van der Waals surface area contributed by atoms with Gasteiger partial charge in [-0.25, -0.2) is 0 Å². The molecule has 26 heavy (non-hydrogen) atoms. The molecular formula is C22H24N2S2. The minimum absolute atomic E-state index is 0.584. The molecule has 0 saturated heterocycles. The first-order chi connectivity index (χ1) is 12.4. The maximum absolute atomic E-state index is 2.41. The highest BCUT2D eigenvalue weighted by Crippen LogP contribution is 2.43. The van der Waals surface area contributed by atoms with Crippen LogP contribution in [0.1, 0.15) is 49.3 Å². The van der Waals surface area contributed by atoms with E-state index in [9.17, 15) is 0 Å². The maximum atomic E-state index is 2.41. The Hall–Kier alpha value is -1.78. The maximum Gasteiger partial charge on any atom is 0.0604 e. The summed E-state index contributed by atoms with van der Waals surface area (Å²) < 4.78 is 7.62. The lowest BCUT2D eigenvalue weighted by Crippen LogP contribution is -1.89. The smallest absolute Gasteiger partial charge is 0.0604 e. The van der Waals surface area contributed by atoms with Crippen LogP contribution in [-0.2, 0) is 14.1 Å². The van der Waals surface area contributed by atoms with Crippen LogP contribution < -0.4 is 0 Å². The van der Waals surface area contributed by atoms with E-state index < -0.39 is 0 Å². The van der Waals surface area contributed by atoms with Crippen LogP contribution in [0.25, 0.3) is 42.2 Å². The minimum atomic E-state index is 0.584. The molecule has 1 aromatic carbocycles. The number of fused-ring (bicyclic) bond motifs is 6. The summed E-state index contributed by atoms with van der Waals surface area (Å²) >= 11 is 3.92. The number of hydrogen-bond donors (Lipinski definition) is 0. The zero-order valence-corrected chi connectivity index (χ0v) is 17.8. The van der Waals surface area contributed by atoms with Gasteiger partial charge in [-0.05, 0) is 36.1 Å². The fourth-order valence-corrected chi connectivity index (χ4v) is 6.44. The number of aromatic nitrogens is 2. The molecule has 0 atom stereocenters. The first kappa shape index (κ1) is 16.4. The quantitative estimate of drug-likeness (QED) is 0.303. The van der Waals surface area contributed by atoms with Gasteiger partial charge in [-0.1, -0.05) is 27.7 Å². The molecule has 4 aromatic heterocycles. The molecule has 134 valence electrons. The van der Waals surface area contributed by atoms with Gasteiger partial charge in [-0.2, -0.15) is 0 Å². The fourth-order valence-electron chi connectivity index (χ4n) is 4.01. The Morgan fingerprint density at radius 2 is 1.00 bits per heavy atom. The molecule has 0 radical (unpaired) electrons. The van der Waals surface area contributed by atoms with Crippen LogP contribution in [0.4, 0.5) is 0 Å². The van der Waals surface area contributed by atoms with Crippen molar-refractivity contribution < 1.29 is 0 Å². The van der Waals surface area contributed by atoms with Gasteiger partial charge in [0.25, 0.3) is 0 Å². The average molecular weight is 381 g/mol. The third kappa shape index (κ3) is 2.03. The Morgan fingerprint density at radius 1 is 0.615 bits per heavy atom. The Morgan fingerprint density at radius 3 is 1.35 bits per heavy atom. The van der Waals surface area contributed by atoms with E-state index >= 15 is 0 Å². The second-order valence-electron chi connectivity index (χ2n) is 8.04. The molecule has 0 aliphatic carbocycles. The highest BCUT2D eigenvalue weighted by atomic mass is 32.1. The van der Waals surface area contributed by atoms with Crippen LogP contribution in [0.15, 0.2) is 24.3 Å². The van der Waals surface area contributed by atoms with E-state index in [1.165, 1.54) is 52.0 Å². The molecule has 4 heteroatoms. The van der Waals surface area contributed by atoms with E-state index in [4.69, 9.17) is 0 Å². The molecule has 5 aromatic rings. The lowest BCUT2D eigenvalue weighted by molar-refractivity contribution is 0.888. The van der Waals surface area contributed by atoms with E-state index in [2.05, 4.69) is 75.2 Å². The van der Waals surface area contributed by atoms with Crippen LogP contribution in [0.2, 0.25) is 0 Å². The Labute approximate surface area is 161 Å². The SMILES string of the molecule is CC(C)c1cc2c(s1)c1cc3c(cc1n2C)c1sc(C(C)C)cc1n3C. The van der Waals surface area contributed by atoms with E-state index in [1.807, 2.05) is 22.7 Å². The zero-order chi connectivity index (χ0) is 18.3. The standard InChI is InChI=1S/C22H24N2S2/c1-11(2)19-9-17-21(25-19)13-7-16-14(8-15(13)23(17)5)22-18(24(16)6)10-20(26-22)12(3)4/h7-12H,1-6H3. The number of benzene rings is 1. The lowest BCUT2D eigenvalue weighted by Gasteiger charge is -2.03. The summed E-state index contributed by atoms with van der Waals surface area (Å²) in [4.78, 5) is 2.95. The summed E-state index contributed by atoms with van der Waals surface area (Å²) in [6.07, 6.45) is 0. The van der Waals surface area contributed by atoms with Gasteiger partial charge in [-0.15, -0.1) is 22.7 Å². The zero-order valence-electron chi connectivity index (χ0n) is 16.2. The second-order valence-corrected chi connectivity index (χ2v) is 10.2. The molecule has 0 aliphatic heterocycles. The third-order valence-corrected chi connectivity index (χ3v) is 8.57. The van der Waals surface area contributed by atoms with E-state index in [0.717, 1.165) is 0 Å².